The van der Waals surface area contributed by atoms with Crippen LogP contribution < -0.4 is 4.90 Å². The molecule has 5 nitrogen and oxygen atoms in total. The van der Waals surface area contributed by atoms with Gasteiger partial charge in [0.05, 0.1) is 12.2 Å². The van der Waals surface area contributed by atoms with Crippen molar-refractivity contribution < 1.29 is 19.0 Å². The predicted molar refractivity (Wildman–Crippen MR) is 108 cm³/mol. The molecule has 1 amide bonds. The predicted octanol–water partition coefficient (Wildman–Crippen LogP) is 4.44. The van der Waals surface area contributed by atoms with Crippen molar-refractivity contribution in [3.63, 3.8) is 0 Å². The van der Waals surface area contributed by atoms with Crippen molar-refractivity contribution in [2.45, 2.75) is 46.5 Å². The third-order valence-electron chi connectivity index (χ3n) is 2.85. The summed E-state index contributed by atoms with van der Waals surface area (Å²) < 4.78 is 17.3. The van der Waals surface area contributed by atoms with Gasteiger partial charge in [0.1, 0.15) is 5.60 Å². The van der Waals surface area contributed by atoms with Crippen molar-refractivity contribution >= 4 is 34.4 Å². The quantitative estimate of drug-likeness (QED) is 0.359. The maximum absolute atomic E-state index is 12.6. The fourth-order valence-electron chi connectivity index (χ4n) is 1.88. The number of amides is 1. The highest BCUT2D eigenvalue weighted by molar-refractivity contribution is 14.1. The first-order chi connectivity index (χ1) is 11.8. The van der Waals surface area contributed by atoms with Gasteiger partial charge in [-0.05, 0) is 75.3 Å². The first-order valence-corrected chi connectivity index (χ1v) is 9.33. The van der Waals surface area contributed by atoms with E-state index in [-0.39, 0.29) is 6.54 Å². The zero-order valence-corrected chi connectivity index (χ0v) is 17.6. The number of hydrogen-bond acceptors (Lipinski definition) is 4. The van der Waals surface area contributed by atoms with Gasteiger partial charge >= 0.3 is 6.09 Å². The molecule has 0 saturated carbocycles. The number of anilines is 1. The second kappa shape index (κ2) is 10.6. The minimum atomic E-state index is -0.592. The molecule has 0 heterocycles. The molecule has 1 aromatic carbocycles. The average molecular weight is 459 g/mol. The topological polar surface area (TPSA) is 48.0 Å². The molecule has 0 radical (unpaired) electrons. The summed E-state index contributed by atoms with van der Waals surface area (Å²) in [7, 11) is 0. The minimum Gasteiger partial charge on any atom is -0.443 e. The first kappa shape index (κ1) is 21.7. The van der Waals surface area contributed by atoms with Crippen molar-refractivity contribution in [2.24, 2.45) is 0 Å². The van der Waals surface area contributed by atoms with Crippen molar-refractivity contribution in [3.05, 3.63) is 27.8 Å². The van der Waals surface area contributed by atoms with Crippen LogP contribution in [-0.4, -0.2) is 37.7 Å². The Bertz CT molecular complexity index is 610. The number of carbonyl (C=O) groups is 1. The molecule has 0 aromatic heterocycles. The Morgan fingerprint density at radius 3 is 2.32 bits per heavy atom. The van der Waals surface area contributed by atoms with Crippen LogP contribution in [0.25, 0.3) is 0 Å². The van der Waals surface area contributed by atoms with Crippen molar-refractivity contribution in [1.29, 1.82) is 0 Å². The molecule has 6 heteroatoms. The molecular formula is C19H26INO4. The number of hydrogen-bond donors (Lipinski definition) is 0. The van der Waals surface area contributed by atoms with Crippen molar-refractivity contribution in [3.8, 4) is 11.8 Å². The van der Waals surface area contributed by atoms with Gasteiger partial charge in [-0.25, -0.2) is 4.79 Å². The molecule has 0 fully saturated rings. The van der Waals surface area contributed by atoms with E-state index in [9.17, 15) is 4.79 Å². The minimum absolute atomic E-state index is 0.186. The van der Waals surface area contributed by atoms with Crippen LogP contribution >= 0.6 is 22.6 Å². The molecule has 0 N–H and O–H groups in total. The summed E-state index contributed by atoms with van der Waals surface area (Å²) in [5.41, 5.74) is 0.179. The third kappa shape index (κ3) is 8.08. The second-order valence-electron chi connectivity index (χ2n) is 6.08. The van der Waals surface area contributed by atoms with Crippen LogP contribution in [0, 0.1) is 15.4 Å². The molecule has 0 unspecified atom stereocenters. The van der Waals surface area contributed by atoms with Gasteiger partial charge in [0, 0.05) is 16.8 Å². The van der Waals surface area contributed by atoms with Crippen LogP contribution in [-0.2, 0) is 14.2 Å². The van der Waals surface area contributed by atoms with Crippen LogP contribution in [0.1, 0.15) is 34.6 Å². The number of halogens is 1. The van der Waals surface area contributed by atoms with Gasteiger partial charge in [-0.2, -0.15) is 0 Å². The third-order valence-corrected chi connectivity index (χ3v) is 3.76. The summed E-state index contributed by atoms with van der Waals surface area (Å²) in [5, 5.41) is 0. The molecule has 0 atom stereocenters. The maximum Gasteiger partial charge on any atom is 0.415 e. The Balaban J connectivity index is 3.00. The first-order valence-electron chi connectivity index (χ1n) is 8.25. The highest BCUT2D eigenvalue weighted by Gasteiger charge is 2.24. The average Bonchev–Trinajstić information content (AvgIpc) is 2.51. The smallest absolute Gasteiger partial charge is 0.415 e. The Hall–Kier alpha value is -1.30. The zero-order chi connectivity index (χ0) is 18.9. The second-order valence-corrected chi connectivity index (χ2v) is 7.24. The molecule has 1 rings (SSSR count). The molecule has 0 spiro atoms. The van der Waals surface area contributed by atoms with E-state index in [1.807, 2.05) is 58.9 Å². The van der Waals surface area contributed by atoms with E-state index in [0.29, 0.717) is 13.2 Å². The summed E-state index contributed by atoms with van der Waals surface area (Å²) in [6.07, 6.45) is -1.03. The zero-order valence-electron chi connectivity index (χ0n) is 15.5. The van der Waals surface area contributed by atoms with E-state index in [0.717, 1.165) is 9.26 Å². The van der Waals surface area contributed by atoms with Crippen molar-refractivity contribution in [1.82, 2.24) is 0 Å². The van der Waals surface area contributed by atoms with Crippen LogP contribution in [0.15, 0.2) is 24.3 Å². The highest BCUT2D eigenvalue weighted by Crippen LogP contribution is 2.23. The molecule has 0 aliphatic rings. The molecule has 0 aliphatic carbocycles. The normalized spacial score (nSPS) is 11.0. The molecule has 25 heavy (non-hydrogen) atoms. The Kier molecular flexibility index (Phi) is 9.25. The lowest BCUT2D eigenvalue weighted by Gasteiger charge is -2.26. The maximum atomic E-state index is 12.6. The largest absolute Gasteiger partial charge is 0.443 e. The fraction of sp³-hybridized carbons (Fsp3) is 0.526. The van der Waals surface area contributed by atoms with Gasteiger partial charge < -0.3 is 14.2 Å². The van der Waals surface area contributed by atoms with Crippen LogP contribution in [0.5, 0.6) is 0 Å². The van der Waals surface area contributed by atoms with E-state index in [4.69, 9.17) is 14.2 Å². The van der Waals surface area contributed by atoms with E-state index >= 15 is 0 Å². The number of nitrogens with zero attached hydrogens (tertiary/aromatic N) is 1. The van der Waals surface area contributed by atoms with E-state index in [2.05, 4.69) is 34.4 Å². The summed E-state index contributed by atoms with van der Waals surface area (Å²) in [6, 6.07) is 7.61. The molecule has 0 bridgehead atoms. The molecular weight excluding hydrogens is 433 g/mol. The lowest BCUT2D eigenvalue weighted by molar-refractivity contribution is -0.0970. The number of para-hydroxylation sites is 1. The SMILES string of the molecule is CCOC(C#CCN(C(=O)OC(C)(C)C)c1ccccc1I)OCC. The molecule has 1 aromatic rings. The summed E-state index contributed by atoms with van der Waals surface area (Å²) in [4.78, 5) is 14.1. The highest BCUT2D eigenvalue weighted by atomic mass is 127. The Morgan fingerprint density at radius 2 is 1.80 bits per heavy atom. The van der Waals surface area contributed by atoms with E-state index < -0.39 is 18.0 Å². The molecule has 138 valence electrons. The summed E-state index contributed by atoms with van der Waals surface area (Å²) in [5.74, 6) is 5.88. The summed E-state index contributed by atoms with van der Waals surface area (Å²) in [6.45, 7) is 10.5. The molecule has 0 aliphatic heterocycles. The van der Waals surface area contributed by atoms with Crippen molar-refractivity contribution in [2.75, 3.05) is 24.7 Å². The number of benzene rings is 1. The summed E-state index contributed by atoms with van der Waals surface area (Å²) >= 11 is 2.19. The van der Waals surface area contributed by atoms with Gasteiger partial charge in [0.25, 0.3) is 0 Å². The Morgan fingerprint density at radius 1 is 1.20 bits per heavy atom. The van der Waals surface area contributed by atoms with E-state index in [1.54, 1.807) is 0 Å². The lowest BCUT2D eigenvalue weighted by Crippen LogP contribution is -2.37. The van der Waals surface area contributed by atoms with Crippen LogP contribution in [0.4, 0.5) is 10.5 Å². The molecule has 0 saturated heterocycles. The number of carbonyl (C=O) groups excluding carboxylic acids is 1. The lowest BCUT2D eigenvalue weighted by atomic mass is 10.2. The standard InChI is InChI=1S/C19H26INO4/c1-6-23-17(24-7-2)13-10-14-21(18(22)25-19(3,4)5)16-12-9-8-11-15(16)20/h8-9,11-12,17H,6-7,14H2,1-5H3. The van der Waals surface area contributed by atoms with Gasteiger partial charge in [0.15, 0.2) is 0 Å². The van der Waals surface area contributed by atoms with Crippen LogP contribution in [0.2, 0.25) is 0 Å². The number of ether oxygens (including phenoxy) is 3. The number of rotatable bonds is 6. The van der Waals surface area contributed by atoms with Gasteiger partial charge in [-0.15, -0.1) is 0 Å². The monoisotopic (exact) mass is 459 g/mol. The fourth-order valence-corrected chi connectivity index (χ4v) is 2.56. The van der Waals surface area contributed by atoms with Crippen LogP contribution in [0.3, 0.4) is 0 Å². The van der Waals surface area contributed by atoms with E-state index in [1.165, 1.54) is 4.90 Å². The Labute approximate surface area is 164 Å². The van der Waals surface area contributed by atoms with Gasteiger partial charge in [-0.3, -0.25) is 4.90 Å². The van der Waals surface area contributed by atoms with Gasteiger partial charge in [0.2, 0.25) is 6.29 Å². The van der Waals surface area contributed by atoms with Gasteiger partial charge in [-0.1, -0.05) is 18.1 Å².